The lowest BCUT2D eigenvalue weighted by molar-refractivity contribution is -0.142. The molecular weight excluding hydrogens is 190 g/mol. The largest absolute Gasteiger partial charge is 0.479 e. The summed E-state index contributed by atoms with van der Waals surface area (Å²) in [5.41, 5.74) is 0.958. The number of nitrogens with one attached hydrogen (secondary N) is 1. The topological polar surface area (TPSA) is 107 Å². The number of carbonyl (C=O) groups is 2. The Bertz CT molecular complexity index is 399. The summed E-state index contributed by atoms with van der Waals surface area (Å²) >= 11 is 0. The third kappa shape index (κ3) is 1.02. The van der Waals surface area contributed by atoms with Gasteiger partial charge >= 0.3 is 12.1 Å². The van der Waals surface area contributed by atoms with E-state index >= 15 is 0 Å². The fourth-order valence-corrected chi connectivity index (χ4v) is 1.56. The molecule has 0 aliphatic carbocycles. The van der Waals surface area contributed by atoms with Crippen molar-refractivity contribution in [1.29, 1.82) is 0 Å². The number of rotatable bonds is 1. The van der Waals surface area contributed by atoms with Gasteiger partial charge in [-0.3, -0.25) is 10.00 Å². The number of aromatic amines is 1. The van der Waals surface area contributed by atoms with E-state index in [0.29, 0.717) is 11.3 Å². The molecule has 1 aliphatic heterocycles. The third-order valence-electron chi connectivity index (χ3n) is 2.17. The predicted molar refractivity (Wildman–Crippen MR) is 42.5 cm³/mol. The quantitative estimate of drug-likeness (QED) is 0.588. The highest BCUT2D eigenvalue weighted by Crippen LogP contribution is 2.32. The van der Waals surface area contributed by atoms with Crippen LogP contribution in [-0.2, 0) is 11.3 Å². The van der Waals surface area contributed by atoms with E-state index in [1.807, 2.05) is 0 Å². The molecule has 1 aliphatic rings. The number of nitrogens with zero attached hydrogens (tertiary/aromatic N) is 2. The number of aliphatic carboxylic acids is 1. The molecule has 1 atom stereocenters. The highest BCUT2D eigenvalue weighted by molar-refractivity contribution is 5.82. The standard InChI is InChI=1S/C7H7N3O4/c11-6(12)5-3-1-8-9-4(3)2-10(5)7(13)14/h1,5H,2H2,(H,8,9)(H,11,12)(H,13,14)/t5-/m0/s1. The van der Waals surface area contributed by atoms with Crippen molar-refractivity contribution in [3.05, 3.63) is 17.5 Å². The fourth-order valence-electron chi connectivity index (χ4n) is 1.56. The summed E-state index contributed by atoms with van der Waals surface area (Å²) in [6.07, 6.45) is 0.0962. The van der Waals surface area contributed by atoms with Crippen molar-refractivity contribution >= 4 is 12.1 Å². The van der Waals surface area contributed by atoms with Crippen LogP contribution in [0.2, 0.25) is 0 Å². The van der Waals surface area contributed by atoms with Crippen molar-refractivity contribution in [2.45, 2.75) is 12.6 Å². The second kappa shape index (κ2) is 2.72. The Morgan fingerprint density at radius 1 is 1.57 bits per heavy atom. The SMILES string of the molecule is O=C(O)[C@@H]1c2cn[nH]c2CN1C(=O)O. The van der Waals surface area contributed by atoms with Gasteiger partial charge in [0.1, 0.15) is 0 Å². The third-order valence-corrected chi connectivity index (χ3v) is 2.17. The second-order valence-electron chi connectivity index (χ2n) is 2.96. The smallest absolute Gasteiger partial charge is 0.408 e. The molecule has 0 radical (unpaired) electrons. The van der Waals surface area contributed by atoms with Crippen LogP contribution >= 0.6 is 0 Å². The average molecular weight is 197 g/mol. The first-order valence-electron chi connectivity index (χ1n) is 3.85. The summed E-state index contributed by atoms with van der Waals surface area (Å²) in [6.45, 7) is 0.0433. The van der Waals surface area contributed by atoms with E-state index < -0.39 is 18.1 Å². The Labute approximate surface area is 78.0 Å². The van der Waals surface area contributed by atoms with Crippen molar-refractivity contribution in [3.63, 3.8) is 0 Å². The van der Waals surface area contributed by atoms with Crippen LogP contribution < -0.4 is 0 Å². The maximum Gasteiger partial charge on any atom is 0.408 e. The minimum Gasteiger partial charge on any atom is -0.479 e. The van der Waals surface area contributed by atoms with Crippen LogP contribution in [0.1, 0.15) is 17.3 Å². The highest BCUT2D eigenvalue weighted by atomic mass is 16.4. The first kappa shape index (κ1) is 8.54. The molecule has 0 bridgehead atoms. The minimum absolute atomic E-state index is 0.0433. The lowest BCUT2D eigenvalue weighted by Gasteiger charge is -2.17. The molecule has 2 heterocycles. The second-order valence-corrected chi connectivity index (χ2v) is 2.96. The van der Waals surface area contributed by atoms with E-state index in [1.54, 1.807) is 0 Å². The summed E-state index contributed by atoms with van der Waals surface area (Å²) in [5.74, 6) is -1.19. The van der Waals surface area contributed by atoms with Gasteiger partial charge in [0.25, 0.3) is 0 Å². The number of carboxylic acid groups (broad SMARTS) is 2. The molecule has 74 valence electrons. The number of amides is 1. The summed E-state index contributed by atoms with van der Waals surface area (Å²) < 4.78 is 0. The van der Waals surface area contributed by atoms with Gasteiger partial charge < -0.3 is 10.2 Å². The first-order chi connectivity index (χ1) is 6.61. The van der Waals surface area contributed by atoms with Crippen LogP contribution in [0.5, 0.6) is 0 Å². The highest BCUT2D eigenvalue weighted by Gasteiger charge is 2.39. The molecule has 2 rings (SSSR count). The molecular formula is C7H7N3O4. The number of aromatic nitrogens is 2. The minimum atomic E-state index is -1.25. The Hall–Kier alpha value is -2.05. The Kier molecular flexibility index (Phi) is 1.66. The molecule has 1 aromatic rings. The number of H-pyrrole nitrogens is 1. The molecule has 3 N–H and O–H groups in total. The zero-order chi connectivity index (χ0) is 10.3. The van der Waals surface area contributed by atoms with Gasteiger partial charge in [-0.1, -0.05) is 0 Å². The van der Waals surface area contributed by atoms with E-state index in [0.717, 1.165) is 4.90 Å². The zero-order valence-corrected chi connectivity index (χ0v) is 6.97. The van der Waals surface area contributed by atoms with E-state index in [2.05, 4.69) is 10.2 Å². The van der Waals surface area contributed by atoms with Gasteiger partial charge in [-0.2, -0.15) is 5.10 Å². The predicted octanol–water partition coefficient (Wildman–Crippen LogP) is 0.0290. The fraction of sp³-hybridized carbons (Fsp3) is 0.286. The van der Waals surface area contributed by atoms with Crippen LogP contribution in [0.4, 0.5) is 4.79 Å². The molecule has 14 heavy (non-hydrogen) atoms. The lowest BCUT2D eigenvalue weighted by atomic mass is 10.1. The maximum absolute atomic E-state index is 10.8. The summed E-state index contributed by atoms with van der Waals surface area (Å²) in [4.78, 5) is 22.4. The van der Waals surface area contributed by atoms with Crippen molar-refractivity contribution in [1.82, 2.24) is 15.1 Å². The summed E-state index contributed by atoms with van der Waals surface area (Å²) in [6, 6.07) is -1.14. The molecule has 1 aromatic heterocycles. The summed E-state index contributed by atoms with van der Waals surface area (Å²) in [5, 5.41) is 23.8. The lowest BCUT2D eigenvalue weighted by Crippen LogP contribution is -2.32. The molecule has 7 nitrogen and oxygen atoms in total. The van der Waals surface area contributed by atoms with E-state index in [-0.39, 0.29) is 6.54 Å². The molecule has 7 heteroatoms. The monoisotopic (exact) mass is 197 g/mol. The van der Waals surface area contributed by atoms with Gasteiger partial charge in [0, 0.05) is 5.56 Å². The van der Waals surface area contributed by atoms with Gasteiger partial charge in [0.2, 0.25) is 0 Å². The van der Waals surface area contributed by atoms with Crippen molar-refractivity contribution in [3.8, 4) is 0 Å². The van der Waals surface area contributed by atoms with Crippen LogP contribution in [0.15, 0.2) is 6.20 Å². The zero-order valence-electron chi connectivity index (χ0n) is 6.97. The normalized spacial score (nSPS) is 19.4. The molecule has 0 fully saturated rings. The van der Waals surface area contributed by atoms with Crippen molar-refractivity contribution in [2.75, 3.05) is 0 Å². The molecule has 0 spiro atoms. The molecule has 1 amide bonds. The van der Waals surface area contributed by atoms with Gasteiger partial charge in [0.05, 0.1) is 18.4 Å². The molecule has 0 saturated carbocycles. The van der Waals surface area contributed by atoms with Crippen molar-refractivity contribution < 1.29 is 19.8 Å². The van der Waals surface area contributed by atoms with Gasteiger partial charge in [-0.15, -0.1) is 0 Å². The maximum atomic E-state index is 10.8. The number of hydrogen-bond donors (Lipinski definition) is 3. The Morgan fingerprint density at radius 2 is 2.29 bits per heavy atom. The first-order valence-corrected chi connectivity index (χ1v) is 3.85. The number of fused-ring (bicyclic) bond motifs is 1. The van der Waals surface area contributed by atoms with Crippen molar-refractivity contribution in [2.24, 2.45) is 0 Å². The van der Waals surface area contributed by atoms with Crippen LogP contribution in [0, 0.1) is 0 Å². The summed E-state index contributed by atoms with van der Waals surface area (Å²) in [7, 11) is 0. The van der Waals surface area contributed by atoms with Gasteiger partial charge in [-0.05, 0) is 0 Å². The number of hydrogen-bond acceptors (Lipinski definition) is 3. The van der Waals surface area contributed by atoms with Crippen LogP contribution in [0.25, 0.3) is 0 Å². The van der Waals surface area contributed by atoms with Crippen LogP contribution in [0.3, 0.4) is 0 Å². The number of carboxylic acids is 1. The van der Waals surface area contributed by atoms with E-state index in [9.17, 15) is 9.59 Å². The van der Waals surface area contributed by atoms with E-state index in [4.69, 9.17) is 10.2 Å². The Morgan fingerprint density at radius 3 is 2.86 bits per heavy atom. The van der Waals surface area contributed by atoms with E-state index in [1.165, 1.54) is 6.20 Å². The average Bonchev–Trinajstić information content (AvgIpc) is 2.58. The van der Waals surface area contributed by atoms with Crippen LogP contribution in [-0.4, -0.2) is 37.4 Å². The van der Waals surface area contributed by atoms with Gasteiger partial charge in [-0.25, -0.2) is 9.59 Å². The molecule has 0 saturated heterocycles. The molecule has 0 aromatic carbocycles. The van der Waals surface area contributed by atoms with Gasteiger partial charge in [0.15, 0.2) is 6.04 Å². The molecule has 0 unspecified atom stereocenters. The Balaban J connectivity index is 2.41.